The lowest BCUT2D eigenvalue weighted by Gasteiger charge is -2.08. The molecule has 2 aromatic heterocycles. The van der Waals surface area contributed by atoms with Gasteiger partial charge < -0.3 is 9.47 Å². The van der Waals surface area contributed by atoms with Crippen molar-refractivity contribution in [2.24, 2.45) is 0 Å². The first kappa shape index (κ1) is 14.0. The fourth-order valence-corrected chi connectivity index (χ4v) is 3.76. The van der Waals surface area contributed by atoms with Gasteiger partial charge in [-0.05, 0) is 42.8 Å². The minimum atomic E-state index is 0.678. The molecule has 6 heteroatoms. The fourth-order valence-electron chi connectivity index (χ4n) is 2.70. The maximum absolute atomic E-state index is 5.39. The molecule has 0 spiro atoms. The minimum Gasteiger partial charge on any atom is -0.493 e. The molecule has 0 aliphatic heterocycles. The summed E-state index contributed by atoms with van der Waals surface area (Å²) in [6.45, 7) is 2.09. The number of rotatable bonds is 3. The maximum Gasteiger partial charge on any atom is 0.217 e. The lowest BCUT2D eigenvalue weighted by molar-refractivity contribution is 0.355. The number of methoxy groups -OCH3 is 2. The largest absolute Gasteiger partial charge is 0.493 e. The summed E-state index contributed by atoms with van der Waals surface area (Å²) in [5.74, 6) is 2.18. The number of hydrogen-bond acceptors (Lipinski definition) is 5. The standard InChI is InChI=1S/C17H15N3O2S/c1-10-4-6-12-15(8-10)23-17-19-18-16(20(12)17)11-5-7-13(21-2)14(9-11)22-3/h4-9H,1-3H3. The Morgan fingerprint density at radius 2 is 1.78 bits per heavy atom. The molecule has 0 radical (unpaired) electrons. The Morgan fingerprint density at radius 1 is 0.957 bits per heavy atom. The second-order valence-corrected chi connectivity index (χ2v) is 6.29. The van der Waals surface area contributed by atoms with Gasteiger partial charge in [-0.25, -0.2) is 0 Å². The molecule has 4 rings (SSSR count). The van der Waals surface area contributed by atoms with Crippen LogP contribution in [0.3, 0.4) is 0 Å². The fraction of sp³-hybridized carbons (Fsp3) is 0.176. The minimum absolute atomic E-state index is 0.678. The van der Waals surface area contributed by atoms with Crippen LogP contribution in [-0.4, -0.2) is 28.8 Å². The lowest BCUT2D eigenvalue weighted by Crippen LogP contribution is -1.93. The number of hydrogen-bond donors (Lipinski definition) is 0. The molecular formula is C17H15N3O2S. The van der Waals surface area contributed by atoms with Crippen LogP contribution in [0.2, 0.25) is 0 Å². The Hall–Kier alpha value is -2.60. The van der Waals surface area contributed by atoms with Crippen molar-refractivity contribution in [2.45, 2.75) is 6.92 Å². The second kappa shape index (κ2) is 5.24. The van der Waals surface area contributed by atoms with Gasteiger partial charge in [0.2, 0.25) is 4.96 Å². The summed E-state index contributed by atoms with van der Waals surface area (Å²) in [6, 6.07) is 12.2. The molecule has 5 nitrogen and oxygen atoms in total. The molecule has 0 atom stereocenters. The molecule has 0 fully saturated rings. The second-order valence-electron chi connectivity index (χ2n) is 5.28. The number of aromatic nitrogens is 3. The highest BCUT2D eigenvalue weighted by atomic mass is 32.1. The van der Waals surface area contributed by atoms with Crippen LogP contribution in [0, 0.1) is 6.92 Å². The Kier molecular flexibility index (Phi) is 3.20. The molecular weight excluding hydrogens is 310 g/mol. The average molecular weight is 325 g/mol. The van der Waals surface area contributed by atoms with E-state index < -0.39 is 0 Å². The predicted molar refractivity (Wildman–Crippen MR) is 91.6 cm³/mol. The van der Waals surface area contributed by atoms with Gasteiger partial charge in [-0.15, -0.1) is 10.2 Å². The van der Waals surface area contributed by atoms with Gasteiger partial charge in [-0.3, -0.25) is 4.40 Å². The van der Waals surface area contributed by atoms with Gasteiger partial charge in [0.25, 0.3) is 0 Å². The van der Waals surface area contributed by atoms with E-state index in [2.05, 4.69) is 39.7 Å². The van der Waals surface area contributed by atoms with Crippen molar-refractivity contribution < 1.29 is 9.47 Å². The average Bonchev–Trinajstić information content (AvgIpc) is 3.12. The molecule has 0 aliphatic rings. The van der Waals surface area contributed by atoms with Crippen molar-refractivity contribution in [2.75, 3.05) is 14.2 Å². The highest BCUT2D eigenvalue weighted by molar-refractivity contribution is 7.23. The highest BCUT2D eigenvalue weighted by Crippen LogP contribution is 2.34. The summed E-state index contributed by atoms with van der Waals surface area (Å²) in [6.07, 6.45) is 0. The third kappa shape index (κ3) is 2.14. The predicted octanol–water partition coefficient (Wildman–Crippen LogP) is 3.94. The van der Waals surface area contributed by atoms with Crippen molar-refractivity contribution in [3.8, 4) is 22.9 Å². The quantitative estimate of drug-likeness (QED) is 0.572. The number of ether oxygens (including phenoxy) is 2. The number of thiazole rings is 1. The maximum atomic E-state index is 5.39. The zero-order chi connectivity index (χ0) is 16.0. The summed E-state index contributed by atoms with van der Waals surface area (Å²) in [7, 11) is 3.26. The van der Waals surface area contributed by atoms with Gasteiger partial charge in [0.15, 0.2) is 17.3 Å². The Labute approximate surface area is 137 Å². The number of benzene rings is 2. The number of nitrogens with zero attached hydrogens (tertiary/aromatic N) is 3. The zero-order valence-electron chi connectivity index (χ0n) is 13.0. The molecule has 0 unspecified atom stereocenters. The smallest absolute Gasteiger partial charge is 0.217 e. The molecule has 2 aromatic carbocycles. The molecule has 4 aromatic rings. The Morgan fingerprint density at radius 3 is 2.57 bits per heavy atom. The SMILES string of the molecule is COc1ccc(-c2nnc3sc4cc(C)ccc4n23)cc1OC. The molecule has 0 amide bonds. The van der Waals surface area contributed by atoms with Gasteiger partial charge in [0.1, 0.15) is 0 Å². The van der Waals surface area contributed by atoms with E-state index in [1.165, 1.54) is 10.3 Å². The van der Waals surface area contributed by atoms with Crippen LogP contribution in [0.5, 0.6) is 11.5 Å². The number of fused-ring (bicyclic) bond motifs is 3. The van der Waals surface area contributed by atoms with Crippen molar-refractivity contribution >= 4 is 26.5 Å². The molecule has 2 heterocycles. The molecule has 0 aliphatic carbocycles. The molecule has 0 N–H and O–H groups in total. The van der Waals surface area contributed by atoms with Gasteiger partial charge in [-0.2, -0.15) is 0 Å². The van der Waals surface area contributed by atoms with Crippen LogP contribution in [0.4, 0.5) is 0 Å². The first-order chi connectivity index (χ1) is 11.2. The summed E-state index contributed by atoms with van der Waals surface area (Å²) >= 11 is 1.64. The summed E-state index contributed by atoms with van der Waals surface area (Å²) in [5.41, 5.74) is 3.29. The van der Waals surface area contributed by atoms with E-state index in [1.54, 1.807) is 25.6 Å². The van der Waals surface area contributed by atoms with Crippen LogP contribution < -0.4 is 9.47 Å². The summed E-state index contributed by atoms with van der Waals surface area (Å²) < 4.78 is 14.0. The third-order valence-electron chi connectivity index (χ3n) is 3.83. The molecule has 0 bridgehead atoms. The summed E-state index contributed by atoms with van der Waals surface area (Å²) in [4.78, 5) is 0.885. The third-order valence-corrected chi connectivity index (χ3v) is 4.83. The van der Waals surface area contributed by atoms with Gasteiger partial charge in [0, 0.05) is 5.56 Å². The van der Waals surface area contributed by atoms with Gasteiger partial charge in [0.05, 0.1) is 24.4 Å². The van der Waals surface area contributed by atoms with E-state index in [0.29, 0.717) is 11.5 Å². The van der Waals surface area contributed by atoms with Crippen LogP contribution >= 0.6 is 11.3 Å². The Balaban J connectivity index is 1.97. The number of aryl methyl sites for hydroxylation is 1. The van der Waals surface area contributed by atoms with Gasteiger partial charge in [-0.1, -0.05) is 17.4 Å². The van der Waals surface area contributed by atoms with E-state index >= 15 is 0 Å². The van der Waals surface area contributed by atoms with E-state index in [4.69, 9.17) is 9.47 Å². The van der Waals surface area contributed by atoms with E-state index in [0.717, 1.165) is 21.9 Å². The molecule has 23 heavy (non-hydrogen) atoms. The van der Waals surface area contributed by atoms with Gasteiger partial charge >= 0.3 is 0 Å². The van der Waals surface area contributed by atoms with Crippen molar-refractivity contribution in [1.29, 1.82) is 0 Å². The Bertz CT molecular complexity index is 1020. The monoisotopic (exact) mass is 325 g/mol. The van der Waals surface area contributed by atoms with E-state index in [-0.39, 0.29) is 0 Å². The van der Waals surface area contributed by atoms with Crippen LogP contribution in [0.25, 0.3) is 26.6 Å². The topological polar surface area (TPSA) is 48.7 Å². The van der Waals surface area contributed by atoms with Crippen LogP contribution in [-0.2, 0) is 0 Å². The van der Waals surface area contributed by atoms with Crippen molar-refractivity contribution in [3.05, 3.63) is 42.0 Å². The lowest BCUT2D eigenvalue weighted by atomic mass is 10.2. The normalized spacial score (nSPS) is 11.3. The summed E-state index contributed by atoms with van der Waals surface area (Å²) in [5, 5.41) is 8.68. The first-order valence-electron chi connectivity index (χ1n) is 7.18. The van der Waals surface area contributed by atoms with E-state index in [9.17, 15) is 0 Å². The zero-order valence-corrected chi connectivity index (χ0v) is 13.8. The van der Waals surface area contributed by atoms with E-state index in [1.807, 2.05) is 18.2 Å². The van der Waals surface area contributed by atoms with Crippen molar-refractivity contribution in [3.63, 3.8) is 0 Å². The molecule has 0 saturated heterocycles. The highest BCUT2D eigenvalue weighted by Gasteiger charge is 2.15. The van der Waals surface area contributed by atoms with Crippen molar-refractivity contribution in [1.82, 2.24) is 14.6 Å². The molecule has 116 valence electrons. The van der Waals surface area contributed by atoms with Crippen LogP contribution in [0.1, 0.15) is 5.56 Å². The first-order valence-corrected chi connectivity index (χ1v) is 7.99. The molecule has 0 saturated carbocycles. The van der Waals surface area contributed by atoms with Crippen LogP contribution in [0.15, 0.2) is 36.4 Å².